The molecule has 2 atom stereocenters. The van der Waals surface area contributed by atoms with Gasteiger partial charge in [-0.3, -0.25) is 9.59 Å². The average Bonchev–Trinajstić information content (AvgIpc) is 3.52. The molecule has 166 valence electrons. The van der Waals surface area contributed by atoms with Crippen molar-refractivity contribution in [1.82, 2.24) is 10.2 Å². The van der Waals surface area contributed by atoms with Crippen molar-refractivity contribution in [2.75, 3.05) is 26.7 Å². The molecule has 1 aromatic heterocycles. The minimum Gasteiger partial charge on any atom is -0.378 e. The largest absolute Gasteiger partial charge is 0.378 e. The van der Waals surface area contributed by atoms with Crippen molar-refractivity contribution >= 4 is 23.2 Å². The van der Waals surface area contributed by atoms with Crippen LogP contribution in [0.1, 0.15) is 44.1 Å². The Morgan fingerprint density at radius 2 is 2.06 bits per heavy atom. The molecule has 1 aromatic carbocycles. The van der Waals surface area contributed by atoms with Crippen molar-refractivity contribution < 1.29 is 14.3 Å². The van der Waals surface area contributed by atoms with Gasteiger partial charge in [0.15, 0.2) is 0 Å². The topological polar surface area (TPSA) is 58.6 Å². The fraction of sp³-hybridized carbons (Fsp3) is 0.520. The highest BCUT2D eigenvalue weighted by Gasteiger charge is 2.43. The van der Waals surface area contributed by atoms with Gasteiger partial charge >= 0.3 is 0 Å². The third-order valence-corrected chi connectivity index (χ3v) is 7.56. The van der Waals surface area contributed by atoms with Crippen LogP contribution in [-0.2, 0) is 20.7 Å². The zero-order chi connectivity index (χ0) is 21.7. The molecule has 2 fully saturated rings. The van der Waals surface area contributed by atoms with Crippen LogP contribution in [0.4, 0.5) is 0 Å². The lowest BCUT2D eigenvalue weighted by Gasteiger charge is -2.42. The maximum absolute atomic E-state index is 13.0. The summed E-state index contributed by atoms with van der Waals surface area (Å²) in [5, 5.41) is 4.95. The van der Waals surface area contributed by atoms with Crippen molar-refractivity contribution in [1.29, 1.82) is 0 Å². The molecule has 2 aromatic rings. The molecule has 0 spiro atoms. The Kier molecular flexibility index (Phi) is 7.08. The van der Waals surface area contributed by atoms with Gasteiger partial charge in [-0.1, -0.05) is 30.3 Å². The number of thiophene rings is 1. The summed E-state index contributed by atoms with van der Waals surface area (Å²) in [6, 6.07) is 12.7. The summed E-state index contributed by atoms with van der Waals surface area (Å²) in [5.74, 6) is 0.183. The lowest BCUT2D eigenvalue weighted by Crippen LogP contribution is -2.54. The number of likely N-dealkylation sites (tertiary alicyclic amines) is 1. The van der Waals surface area contributed by atoms with E-state index in [-0.39, 0.29) is 17.9 Å². The molecule has 5 nitrogen and oxygen atoms in total. The molecule has 0 bridgehead atoms. The number of hydrogen-bond acceptors (Lipinski definition) is 4. The molecule has 1 N–H and O–H groups in total. The van der Waals surface area contributed by atoms with E-state index >= 15 is 0 Å². The summed E-state index contributed by atoms with van der Waals surface area (Å²) >= 11 is 1.73. The number of hydrogen-bond donors (Lipinski definition) is 1. The van der Waals surface area contributed by atoms with Gasteiger partial charge in [-0.25, -0.2) is 0 Å². The molecular weight excluding hydrogens is 408 g/mol. The first-order valence-electron chi connectivity index (χ1n) is 11.3. The second kappa shape index (κ2) is 9.96. The highest BCUT2D eigenvalue weighted by atomic mass is 32.1. The molecular formula is C25H32N2O3S. The van der Waals surface area contributed by atoms with E-state index in [1.54, 1.807) is 18.4 Å². The van der Waals surface area contributed by atoms with Crippen LogP contribution in [-0.4, -0.2) is 49.6 Å². The fourth-order valence-corrected chi connectivity index (χ4v) is 5.69. The van der Waals surface area contributed by atoms with Gasteiger partial charge in [-0.2, -0.15) is 0 Å². The molecule has 2 saturated heterocycles. The molecule has 0 aliphatic carbocycles. The second-order valence-electron chi connectivity index (χ2n) is 8.80. The number of nitrogens with one attached hydrogen (secondary N) is 1. The van der Waals surface area contributed by atoms with Crippen LogP contribution in [0.5, 0.6) is 0 Å². The summed E-state index contributed by atoms with van der Waals surface area (Å²) in [5.41, 5.74) is 1.76. The Morgan fingerprint density at radius 1 is 1.23 bits per heavy atom. The van der Waals surface area contributed by atoms with Crippen LogP contribution in [0.25, 0.3) is 10.4 Å². The van der Waals surface area contributed by atoms with Crippen molar-refractivity contribution in [2.24, 2.45) is 5.41 Å². The van der Waals surface area contributed by atoms with E-state index in [1.807, 2.05) is 4.90 Å². The van der Waals surface area contributed by atoms with Crippen molar-refractivity contribution in [2.45, 2.75) is 51.0 Å². The molecule has 31 heavy (non-hydrogen) atoms. The molecule has 2 amide bonds. The molecule has 4 rings (SSSR count). The lowest BCUT2D eigenvalue weighted by molar-refractivity contribution is -0.141. The highest BCUT2D eigenvalue weighted by Crippen LogP contribution is 2.35. The predicted octanol–water partition coefficient (Wildman–Crippen LogP) is 4.27. The first kappa shape index (κ1) is 22.0. The number of carbonyl (C=O) groups is 2. The minimum absolute atomic E-state index is 0.0338. The summed E-state index contributed by atoms with van der Waals surface area (Å²) in [7, 11) is 1.70. The second-order valence-corrected chi connectivity index (χ2v) is 9.75. The number of amides is 2. The predicted molar refractivity (Wildman–Crippen MR) is 124 cm³/mol. The van der Waals surface area contributed by atoms with Gasteiger partial charge in [-0.05, 0) is 61.1 Å². The van der Waals surface area contributed by atoms with Crippen LogP contribution in [0.15, 0.2) is 41.8 Å². The Morgan fingerprint density at radius 3 is 2.74 bits per heavy atom. The Balaban J connectivity index is 1.45. The Bertz CT molecular complexity index is 875. The summed E-state index contributed by atoms with van der Waals surface area (Å²) in [4.78, 5) is 29.1. The molecule has 2 aliphatic heterocycles. The van der Waals surface area contributed by atoms with E-state index in [2.05, 4.69) is 47.1 Å². The molecule has 6 heteroatoms. The Hall–Kier alpha value is -2.18. The normalized spacial score (nSPS) is 23.6. The van der Waals surface area contributed by atoms with Gasteiger partial charge in [0.2, 0.25) is 11.8 Å². The first-order chi connectivity index (χ1) is 15.1. The van der Waals surface area contributed by atoms with Crippen LogP contribution in [0.3, 0.4) is 0 Å². The zero-order valence-corrected chi connectivity index (χ0v) is 19.1. The average molecular weight is 441 g/mol. The number of nitrogens with zero attached hydrogens (tertiary/aromatic N) is 1. The van der Waals surface area contributed by atoms with Gasteiger partial charge < -0.3 is 15.0 Å². The summed E-state index contributed by atoms with van der Waals surface area (Å²) < 4.78 is 5.67. The van der Waals surface area contributed by atoms with Gasteiger partial charge in [0.1, 0.15) is 0 Å². The maximum Gasteiger partial charge on any atom is 0.228 e. The fourth-order valence-electron chi connectivity index (χ4n) is 4.95. The minimum atomic E-state index is -0.572. The number of piperidine rings is 1. The van der Waals surface area contributed by atoms with E-state index in [1.165, 1.54) is 10.4 Å². The van der Waals surface area contributed by atoms with Gasteiger partial charge in [0, 0.05) is 38.0 Å². The van der Waals surface area contributed by atoms with Crippen LogP contribution < -0.4 is 5.32 Å². The van der Waals surface area contributed by atoms with Crippen LogP contribution >= 0.6 is 11.3 Å². The molecule has 3 heterocycles. The van der Waals surface area contributed by atoms with Crippen molar-refractivity contribution in [3.8, 4) is 10.4 Å². The quantitative estimate of drug-likeness (QED) is 0.699. The van der Waals surface area contributed by atoms with E-state index in [9.17, 15) is 9.59 Å². The number of carbonyl (C=O) groups excluding carboxylic acids is 2. The lowest BCUT2D eigenvalue weighted by atomic mass is 9.74. The van der Waals surface area contributed by atoms with Crippen molar-refractivity contribution in [3.63, 3.8) is 0 Å². The number of ether oxygens (including phenoxy) is 1. The van der Waals surface area contributed by atoms with E-state index in [0.29, 0.717) is 19.4 Å². The third kappa shape index (κ3) is 5.18. The third-order valence-electron chi connectivity index (χ3n) is 6.64. The van der Waals surface area contributed by atoms with E-state index in [0.717, 1.165) is 50.8 Å². The zero-order valence-electron chi connectivity index (χ0n) is 18.3. The molecule has 0 radical (unpaired) electrons. The first-order valence-corrected chi connectivity index (χ1v) is 12.2. The van der Waals surface area contributed by atoms with Gasteiger partial charge in [0.25, 0.3) is 0 Å². The summed E-state index contributed by atoms with van der Waals surface area (Å²) in [6.45, 7) is 2.04. The highest BCUT2D eigenvalue weighted by molar-refractivity contribution is 7.13. The monoisotopic (exact) mass is 440 g/mol. The molecule has 2 aliphatic rings. The molecule has 0 saturated carbocycles. The standard InChI is InChI=1S/C25H32N2O3S/c1-26-24(29)25(17-19-7-9-20(10-8-19)22-6-3-16-31-22)13-4-14-27(18-25)23(28)12-11-21-5-2-15-30-21/h3,6-10,16,21H,2,4-5,11-15,17-18H2,1H3,(H,26,29). The van der Waals surface area contributed by atoms with Crippen molar-refractivity contribution in [3.05, 3.63) is 47.3 Å². The van der Waals surface area contributed by atoms with Crippen LogP contribution in [0, 0.1) is 5.41 Å². The summed E-state index contributed by atoms with van der Waals surface area (Å²) in [6.07, 6.45) is 5.95. The van der Waals surface area contributed by atoms with Gasteiger partial charge in [0.05, 0.1) is 11.5 Å². The maximum atomic E-state index is 13.0. The number of rotatable bonds is 7. The van der Waals surface area contributed by atoms with E-state index < -0.39 is 5.41 Å². The van der Waals surface area contributed by atoms with Crippen LogP contribution in [0.2, 0.25) is 0 Å². The van der Waals surface area contributed by atoms with E-state index in [4.69, 9.17) is 4.74 Å². The SMILES string of the molecule is CNC(=O)C1(Cc2ccc(-c3cccs3)cc2)CCCN(C(=O)CCC2CCCO2)C1. The molecule has 2 unspecified atom stereocenters. The number of benzene rings is 1. The van der Waals surface area contributed by atoms with Gasteiger partial charge in [-0.15, -0.1) is 11.3 Å². The smallest absolute Gasteiger partial charge is 0.228 e. The Labute approximate surface area is 188 Å².